The number of hydrogen-bond acceptors (Lipinski definition) is 2. The van der Waals surface area contributed by atoms with E-state index >= 15 is 0 Å². The maximum atomic E-state index is 12.6. The molecule has 0 aromatic rings. The van der Waals surface area contributed by atoms with E-state index in [-0.39, 0.29) is 18.9 Å². The van der Waals surface area contributed by atoms with Gasteiger partial charge in [-0.1, -0.05) is 0 Å². The molecule has 1 heterocycles. The fourth-order valence-corrected chi connectivity index (χ4v) is 1.53. The average molecular weight is 211 g/mol. The molecule has 1 fully saturated rings. The minimum Gasteiger partial charge on any atom is -0.395 e. The number of hydrogen-bond donors (Lipinski definition) is 3. The molecule has 0 aromatic carbocycles. The molecule has 0 aliphatic carbocycles. The predicted molar refractivity (Wildman–Crippen MR) is 43.7 cm³/mol. The predicted octanol–water partition coefficient (Wildman–Crippen LogP) is 0.127. The lowest BCUT2D eigenvalue weighted by atomic mass is 9.87. The first-order valence-electron chi connectivity index (χ1n) is 4.09. The van der Waals surface area contributed by atoms with Gasteiger partial charge in [0.05, 0.1) is 6.61 Å². The van der Waals surface area contributed by atoms with Crippen LogP contribution < -0.4 is 5.73 Å². The molecule has 14 heavy (non-hydrogen) atoms. The van der Waals surface area contributed by atoms with Crippen LogP contribution in [0.5, 0.6) is 0 Å². The maximum absolute atomic E-state index is 12.6. The molecule has 82 valence electrons. The van der Waals surface area contributed by atoms with Crippen molar-refractivity contribution in [1.82, 2.24) is 4.90 Å². The molecule has 7 heteroatoms. The van der Waals surface area contributed by atoms with E-state index in [9.17, 15) is 13.2 Å². The molecule has 1 atom stereocenters. The molecule has 0 spiro atoms. The van der Waals surface area contributed by atoms with E-state index in [1.807, 2.05) is 0 Å². The number of nitrogens with one attached hydrogen (secondary N) is 1. The summed E-state index contributed by atoms with van der Waals surface area (Å²) >= 11 is 0. The van der Waals surface area contributed by atoms with E-state index < -0.39 is 24.7 Å². The number of halogens is 3. The fraction of sp³-hybridized carbons (Fsp3) is 0.857. The summed E-state index contributed by atoms with van der Waals surface area (Å²) in [6, 6.07) is 0. The van der Waals surface area contributed by atoms with Crippen molar-refractivity contribution in [2.24, 2.45) is 11.1 Å². The lowest BCUT2D eigenvalue weighted by Gasteiger charge is -2.29. The molecular weight excluding hydrogens is 199 g/mol. The molecule has 0 bridgehead atoms. The zero-order chi connectivity index (χ0) is 11.0. The fourth-order valence-electron chi connectivity index (χ4n) is 1.53. The van der Waals surface area contributed by atoms with Crippen molar-refractivity contribution in [2.75, 3.05) is 19.7 Å². The molecule has 4 N–H and O–H groups in total. The van der Waals surface area contributed by atoms with Crippen LogP contribution in [-0.4, -0.2) is 41.8 Å². The number of rotatable bonds is 1. The SMILES string of the molecule is N=C(N)N1CC[C@@](CO)(C(F)(F)F)C1. The largest absolute Gasteiger partial charge is 0.398 e. The molecule has 0 unspecified atom stereocenters. The molecule has 0 aromatic heterocycles. The summed E-state index contributed by atoms with van der Waals surface area (Å²) in [7, 11) is 0. The number of nitrogens with two attached hydrogens (primary N) is 1. The van der Waals surface area contributed by atoms with Gasteiger partial charge in [0.1, 0.15) is 5.41 Å². The van der Waals surface area contributed by atoms with Gasteiger partial charge in [0, 0.05) is 13.1 Å². The van der Waals surface area contributed by atoms with Gasteiger partial charge in [-0.15, -0.1) is 0 Å². The lowest BCUT2D eigenvalue weighted by molar-refractivity contribution is -0.229. The van der Waals surface area contributed by atoms with Crippen LogP contribution >= 0.6 is 0 Å². The Morgan fingerprint density at radius 3 is 2.36 bits per heavy atom. The Morgan fingerprint density at radius 2 is 2.14 bits per heavy atom. The van der Waals surface area contributed by atoms with Crippen LogP contribution in [0.3, 0.4) is 0 Å². The summed E-state index contributed by atoms with van der Waals surface area (Å²) in [4.78, 5) is 1.11. The van der Waals surface area contributed by atoms with E-state index in [2.05, 4.69) is 0 Å². The average Bonchev–Trinajstić information content (AvgIpc) is 2.47. The number of guanidine groups is 1. The second-order valence-electron chi connectivity index (χ2n) is 3.49. The highest BCUT2D eigenvalue weighted by Gasteiger charge is 2.57. The Morgan fingerprint density at radius 1 is 1.57 bits per heavy atom. The van der Waals surface area contributed by atoms with Crippen molar-refractivity contribution in [2.45, 2.75) is 12.6 Å². The van der Waals surface area contributed by atoms with Crippen LogP contribution in [-0.2, 0) is 0 Å². The highest BCUT2D eigenvalue weighted by molar-refractivity contribution is 5.75. The van der Waals surface area contributed by atoms with Gasteiger partial charge >= 0.3 is 6.18 Å². The summed E-state index contributed by atoms with van der Waals surface area (Å²) in [6.07, 6.45) is -4.67. The molecule has 1 saturated heterocycles. The topological polar surface area (TPSA) is 73.3 Å². The summed E-state index contributed by atoms with van der Waals surface area (Å²) in [5.41, 5.74) is 2.96. The van der Waals surface area contributed by atoms with Gasteiger partial charge in [-0.2, -0.15) is 13.2 Å². The minimum absolute atomic E-state index is 0.0649. The third-order valence-corrected chi connectivity index (χ3v) is 2.60. The van der Waals surface area contributed by atoms with Crippen LogP contribution in [0.2, 0.25) is 0 Å². The molecule has 0 amide bonds. The maximum Gasteiger partial charge on any atom is 0.398 e. The van der Waals surface area contributed by atoms with Gasteiger partial charge in [0.2, 0.25) is 0 Å². The highest BCUT2D eigenvalue weighted by atomic mass is 19.4. The number of likely N-dealkylation sites (tertiary alicyclic amines) is 1. The van der Waals surface area contributed by atoms with E-state index in [1.54, 1.807) is 0 Å². The zero-order valence-electron chi connectivity index (χ0n) is 7.43. The summed E-state index contributed by atoms with van der Waals surface area (Å²) in [5, 5.41) is 15.8. The van der Waals surface area contributed by atoms with E-state index in [4.69, 9.17) is 16.2 Å². The Kier molecular flexibility index (Phi) is 2.62. The van der Waals surface area contributed by atoms with Gasteiger partial charge in [0.25, 0.3) is 0 Å². The second-order valence-corrected chi connectivity index (χ2v) is 3.49. The molecule has 1 aliphatic rings. The second kappa shape index (κ2) is 3.30. The standard InChI is InChI=1S/C7H12F3N3O/c8-7(9,10)6(4-14)1-2-13(3-6)5(11)12/h14H,1-4H2,(H3,11,12)/t6-/m1/s1. The van der Waals surface area contributed by atoms with E-state index in [0.717, 1.165) is 4.90 Å². The number of aliphatic hydroxyl groups is 1. The first-order chi connectivity index (χ1) is 6.32. The summed E-state index contributed by atoms with van der Waals surface area (Å²) in [6.45, 7) is -1.32. The van der Waals surface area contributed by atoms with E-state index in [1.165, 1.54) is 0 Å². The monoisotopic (exact) mass is 211 g/mol. The molecule has 4 nitrogen and oxygen atoms in total. The molecule has 0 saturated carbocycles. The van der Waals surface area contributed by atoms with Crippen LogP contribution in [0.1, 0.15) is 6.42 Å². The smallest absolute Gasteiger partial charge is 0.395 e. The van der Waals surface area contributed by atoms with Crippen LogP contribution in [0, 0.1) is 10.8 Å². The van der Waals surface area contributed by atoms with Crippen LogP contribution in [0.15, 0.2) is 0 Å². The van der Waals surface area contributed by atoms with Crippen LogP contribution in [0.25, 0.3) is 0 Å². The van der Waals surface area contributed by atoms with Gasteiger partial charge in [-0.05, 0) is 6.42 Å². The lowest BCUT2D eigenvalue weighted by Crippen LogP contribution is -2.45. The first kappa shape index (κ1) is 11.1. The number of alkyl halides is 3. The molecule has 0 radical (unpaired) electrons. The number of nitrogens with zero attached hydrogens (tertiary/aromatic N) is 1. The van der Waals surface area contributed by atoms with Crippen molar-refractivity contribution in [3.05, 3.63) is 0 Å². The third kappa shape index (κ3) is 1.63. The Balaban J connectivity index is 2.82. The minimum atomic E-state index is -4.45. The molecule has 1 aliphatic heterocycles. The normalized spacial score (nSPS) is 28.1. The number of aliphatic hydroxyl groups excluding tert-OH is 1. The van der Waals surface area contributed by atoms with Gasteiger partial charge in [0.15, 0.2) is 5.96 Å². The molecular formula is C7H12F3N3O. The highest BCUT2D eigenvalue weighted by Crippen LogP contribution is 2.44. The van der Waals surface area contributed by atoms with E-state index in [0.29, 0.717) is 0 Å². The van der Waals surface area contributed by atoms with Crippen molar-refractivity contribution in [3.63, 3.8) is 0 Å². The Hall–Kier alpha value is -0.980. The van der Waals surface area contributed by atoms with Crippen LogP contribution in [0.4, 0.5) is 13.2 Å². The van der Waals surface area contributed by atoms with Crippen molar-refractivity contribution < 1.29 is 18.3 Å². The first-order valence-corrected chi connectivity index (χ1v) is 4.09. The van der Waals surface area contributed by atoms with Gasteiger partial charge in [-0.25, -0.2) is 0 Å². The van der Waals surface area contributed by atoms with Crippen molar-refractivity contribution in [3.8, 4) is 0 Å². The third-order valence-electron chi connectivity index (χ3n) is 2.60. The quantitative estimate of drug-likeness (QED) is 0.426. The Bertz CT molecular complexity index is 243. The molecule has 1 rings (SSSR count). The summed E-state index contributed by atoms with van der Waals surface area (Å²) in [5.74, 6) is -0.385. The van der Waals surface area contributed by atoms with Crippen molar-refractivity contribution in [1.29, 1.82) is 5.41 Å². The zero-order valence-corrected chi connectivity index (χ0v) is 7.43. The van der Waals surface area contributed by atoms with Gasteiger partial charge in [-0.3, -0.25) is 5.41 Å². The summed E-state index contributed by atoms with van der Waals surface area (Å²) < 4.78 is 37.7. The Labute approximate surface area is 79.0 Å². The van der Waals surface area contributed by atoms with Gasteiger partial charge < -0.3 is 15.7 Å². The van der Waals surface area contributed by atoms with Crippen molar-refractivity contribution >= 4 is 5.96 Å².